The number of alkyl halides is 3. The van der Waals surface area contributed by atoms with Gasteiger partial charge in [-0.1, -0.05) is 24.3 Å². The highest BCUT2D eigenvalue weighted by Gasteiger charge is 2.35. The van der Waals surface area contributed by atoms with Gasteiger partial charge in [0.2, 0.25) is 5.91 Å². The number of thiophene rings is 1. The Bertz CT molecular complexity index is 1240. The summed E-state index contributed by atoms with van der Waals surface area (Å²) in [4.78, 5) is 31.5. The Morgan fingerprint density at radius 1 is 1.08 bits per heavy atom. The maximum absolute atomic E-state index is 13.7. The molecule has 2 aromatic carbocycles. The number of benzene rings is 2. The van der Waals surface area contributed by atoms with Crippen molar-refractivity contribution in [2.24, 2.45) is 0 Å². The van der Waals surface area contributed by atoms with Crippen LogP contribution in [0.3, 0.4) is 0 Å². The van der Waals surface area contributed by atoms with Gasteiger partial charge in [0.15, 0.2) is 0 Å². The van der Waals surface area contributed by atoms with E-state index in [0.717, 1.165) is 47.4 Å². The van der Waals surface area contributed by atoms with E-state index in [9.17, 15) is 22.8 Å². The Labute approximate surface area is 218 Å². The highest BCUT2D eigenvalue weighted by Crippen LogP contribution is 2.39. The molecule has 196 valence electrons. The molecule has 1 aliphatic rings. The maximum atomic E-state index is 13.7. The van der Waals surface area contributed by atoms with Crippen LogP contribution in [0, 0.1) is 6.92 Å². The van der Waals surface area contributed by atoms with E-state index in [2.05, 4.69) is 6.07 Å². The topological polar surface area (TPSA) is 49.9 Å². The number of carbonyl (C=O) groups excluding carboxylic acids is 2. The predicted molar refractivity (Wildman–Crippen MR) is 137 cm³/mol. The normalized spacial score (nSPS) is 15.4. The highest BCUT2D eigenvalue weighted by atomic mass is 32.1. The van der Waals surface area contributed by atoms with Crippen LogP contribution in [0.1, 0.15) is 50.0 Å². The van der Waals surface area contributed by atoms with Gasteiger partial charge in [0.1, 0.15) is 6.54 Å². The van der Waals surface area contributed by atoms with Gasteiger partial charge in [0, 0.05) is 37.2 Å². The predicted octanol–water partition coefficient (Wildman–Crippen LogP) is 5.73. The van der Waals surface area contributed by atoms with Crippen LogP contribution in [0.25, 0.3) is 0 Å². The number of fused-ring (bicyclic) bond motifs is 1. The summed E-state index contributed by atoms with van der Waals surface area (Å²) in [6, 6.07) is 13.9. The molecular formula is C28H29F3N2O3S. The van der Waals surface area contributed by atoms with Gasteiger partial charge in [-0.2, -0.15) is 13.2 Å². The first-order chi connectivity index (χ1) is 17.7. The van der Waals surface area contributed by atoms with Gasteiger partial charge in [0.25, 0.3) is 5.91 Å². The third-order valence-corrected chi connectivity index (χ3v) is 7.61. The summed E-state index contributed by atoms with van der Waals surface area (Å²) in [5.41, 5.74) is 2.48. The van der Waals surface area contributed by atoms with E-state index in [0.29, 0.717) is 19.6 Å². The Hall–Kier alpha value is -3.17. The lowest BCUT2D eigenvalue weighted by Crippen LogP contribution is -2.47. The molecule has 2 heterocycles. The summed E-state index contributed by atoms with van der Waals surface area (Å²) >= 11 is 1.68. The number of hydrogen-bond donors (Lipinski definition) is 0. The fraction of sp³-hybridized carbons (Fsp3) is 0.357. The molecule has 0 aliphatic carbocycles. The molecule has 1 unspecified atom stereocenters. The number of rotatable bonds is 8. The van der Waals surface area contributed by atoms with Gasteiger partial charge in [-0.25, -0.2) is 0 Å². The minimum absolute atomic E-state index is 0.104. The van der Waals surface area contributed by atoms with Crippen LogP contribution in [0.15, 0.2) is 60.0 Å². The average Bonchev–Trinajstić information content (AvgIpc) is 3.36. The molecule has 0 radical (unpaired) electrons. The number of hydrogen-bond acceptors (Lipinski definition) is 4. The summed E-state index contributed by atoms with van der Waals surface area (Å²) in [5.74, 6) is -0.693. The molecule has 1 atom stereocenters. The maximum Gasteiger partial charge on any atom is 0.416 e. The lowest BCUT2D eigenvalue weighted by atomic mass is 9.90. The molecule has 0 fully saturated rings. The second-order valence-electron chi connectivity index (χ2n) is 9.04. The molecule has 5 nitrogen and oxygen atoms in total. The van der Waals surface area contributed by atoms with Crippen LogP contribution >= 0.6 is 11.3 Å². The molecule has 0 saturated carbocycles. The van der Waals surface area contributed by atoms with E-state index in [1.54, 1.807) is 18.4 Å². The Kier molecular flexibility index (Phi) is 8.34. The second kappa shape index (κ2) is 11.5. The zero-order chi connectivity index (χ0) is 26.6. The zero-order valence-electron chi connectivity index (χ0n) is 20.8. The van der Waals surface area contributed by atoms with Crippen molar-refractivity contribution in [3.63, 3.8) is 0 Å². The summed E-state index contributed by atoms with van der Waals surface area (Å²) in [6.07, 6.45) is -3.27. The monoisotopic (exact) mass is 530 g/mol. The van der Waals surface area contributed by atoms with Gasteiger partial charge in [-0.15, -0.1) is 11.3 Å². The first kappa shape index (κ1) is 26.9. The fourth-order valence-electron chi connectivity index (χ4n) is 4.70. The molecular weight excluding hydrogens is 501 g/mol. The van der Waals surface area contributed by atoms with Crippen LogP contribution in [-0.2, 0) is 22.1 Å². The zero-order valence-corrected chi connectivity index (χ0v) is 21.6. The van der Waals surface area contributed by atoms with Crippen molar-refractivity contribution in [3.8, 4) is 0 Å². The van der Waals surface area contributed by atoms with E-state index in [1.165, 1.54) is 9.78 Å². The average molecular weight is 531 g/mol. The third kappa shape index (κ3) is 6.05. The summed E-state index contributed by atoms with van der Waals surface area (Å²) in [5, 5.41) is 2.04. The molecule has 0 spiro atoms. The number of methoxy groups -OCH3 is 1. The van der Waals surface area contributed by atoms with E-state index in [1.807, 2.05) is 41.5 Å². The van der Waals surface area contributed by atoms with Crippen LogP contribution in [0.2, 0.25) is 0 Å². The number of aryl methyl sites for hydroxylation is 1. The quantitative estimate of drug-likeness (QED) is 0.350. The first-order valence-corrected chi connectivity index (χ1v) is 13.0. The van der Waals surface area contributed by atoms with Gasteiger partial charge >= 0.3 is 6.18 Å². The smallest absolute Gasteiger partial charge is 0.385 e. The molecule has 1 aromatic heterocycles. The van der Waals surface area contributed by atoms with Crippen molar-refractivity contribution in [2.75, 3.05) is 33.4 Å². The van der Waals surface area contributed by atoms with Gasteiger partial charge < -0.3 is 14.5 Å². The lowest BCUT2D eigenvalue weighted by Gasteiger charge is -2.38. The Morgan fingerprint density at radius 3 is 2.49 bits per heavy atom. The Balaban J connectivity index is 1.60. The molecule has 0 saturated heterocycles. The molecule has 3 aromatic rings. The Morgan fingerprint density at radius 2 is 1.81 bits per heavy atom. The van der Waals surface area contributed by atoms with Crippen molar-refractivity contribution in [1.82, 2.24) is 9.80 Å². The molecule has 2 amide bonds. The van der Waals surface area contributed by atoms with Crippen LogP contribution in [0.4, 0.5) is 13.2 Å². The van der Waals surface area contributed by atoms with Crippen molar-refractivity contribution in [1.29, 1.82) is 0 Å². The molecule has 4 rings (SSSR count). The van der Waals surface area contributed by atoms with E-state index in [-0.39, 0.29) is 30.6 Å². The molecule has 1 aliphatic heterocycles. The lowest BCUT2D eigenvalue weighted by molar-refractivity contribution is -0.137. The summed E-state index contributed by atoms with van der Waals surface area (Å²) in [6.45, 7) is 2.99. The third-order valence-electron chi connectivity index (χ3n) is 6.62. The van der Waals surface area contributed by atoms with E-state index in [4.69, 9.17) is 4.74 Å². The second-order valence-corrected chi connectivity index (χ2v) is 10.0. The standard InChI is InChI=1S/C28H29F3N2O3S/c1-19-6-3-4-7-22(19)26-23-13-17-37-24(23)12-15-33(26)25(34)18-32(14-5-16-36-2)27(35)20-8-10-21(11-9-20)28(29,30)31/h3-4,6-11,13,17,26H,5,12,14-16,18H2,1-2H3. The van der Waals surface area contributed by atoms with Crippen molar-refractivity contribution < 1.29 is 27.5 Å². The number of carbonyl (C=O) groups is 2. The fourth-order valence-corrected chi connectivity index (χ4v) is 5.61. The van der Waals surface area contributed by atoms with Gasteiger partial charge in [0.05, 0.1) is 11.6 Å². The summed E-state index contributed by atoms with van der Waals surface area (Å²) < 4.78 is 44.1. The molecule has 9 heteroatoms. The molecule has 0 N–H and O–H groups in total. The minimum Gasteiger partial charge on any atom is -0.385 e. The summed E-state index contributed by atoms with van der Waals surface area (Å²) in [7, 11) is 1.55. The van der Waals surface area contributed by atoms with Crippen LogP contribution < -0.4 is 0 Å². The number of nitrogens with zero attached hydrogens (tertiary/aromatic N) is 2. The molecule has 0 bridgehead atoms. The first-order valence-electron chi connectivity index (χ1n) is 12.1. The molecule has 37 heavy (non-hydrogen) atoms. The largest absolute Gasteiger partial charge is 0.416 e. The number of halogens is 3. The van der Waals surface area contributed by atoms with Gasteiger partial charge in [-0.3, -0.25) is 9.59 Å². The van der Waals surface area contributed by atoms with Crippen molar-refractivity contribution >= 4 is 23.2 Å². The van der Waals surface area contributed by atoms with Crippen LogP contribution in [-0.4, -0.2) is 55.0 Å². The SMILES string of the molecule is COCCCN(CC(=O)N1CCc2sccc2C1c1ccccc1C)C(=O)c1ccc(C(F)(F)F)cc1. The number of amides is 2. The van der Waals surface area contributed by atoms with E-state index < -0.39 is 17.6 Å². The van der Waals surface area contributed by atoms with Crippen LogP contribution in [0.5, 0.6) is 0 Å². The van der Waals surface area contributed by atoms with E-state index >= 15 is 0 Å². The number of ether oxygens (including phenoxy) is 1. The highest BCUT2D eigenvalue weighted by molar-refractivity contribution is 7.10. The van der Waals surface area contributed by atoms with Gasteiger partial charge in [-0.05, 0) is 72.2 Å². The van der Waals surface area contributed by atoms with Crippen molar-refractivity contribution in [3.05, 3.63) is 92.7 Å². The minimum atomic E-state index is -4.49. The van der Waals surface area contributed by atoms with Crippen molar-refractivity contribution in [2.45, 2.75) is 32.0 Å².